The highest BCUT2D eigenvalue weighted by atomic mass is 19.1. The molecule has 1 N–H and O–H groups in total. The Morgan fingerprint density at radius 3 is 2.83 bits per heavy atom. The molecule has 1 amide bonds. The van der Waals surface area contributed by atoms with E-state index in [9.17, 15) is 9.18 Å². The molecular formula is C18H21FN2O2. The van der Waals surface area contributed by atoms with Gasteiger partial charge in [0, 0.05) is 12.4 Å². The lowest BCUT2D eigenvalue weighted by atomic mass is 10.0. The summed E-state index contributed by atoms with van der Waals surface area (Å²) in [5.74, 6) is -0.852. The maximum atomic E-state index is 14.0. The van der Waals surface area contributed by atoms with Crippen LogP contribution in [-0.4, -0.2) is 18.0 Å². The number of unbranched alkanes of at least 4 members (excludes halogenated alkanes) is 1. The number of nitrogens with zero attached hydrogens (tertiary/aromatic N) is 1. The van der Waals surface area contributed by atoms with Gasteiger partial charge in [-0.2, -0.15) is 0 Å². The van der Waals surface area contributed by atoms with Crippen LogP contribution in [0.3, 0.4) is 0 Å². The van der Waals surface area contributed by atoms with E-state index in [-0.39, 0.29) is 17.4 Å². The summed E-state index contributed by atoms with van der Waals surface area (Å²) in [6, 6.07) is 7.86. The zero-order valence-corrected chi connectivity index (χ0v) is 13.4. The molecular weight excluding hydrogens is 295 g/mol. The number of carbonyl (C=O) groups is 1. The number of amides is 1. The van der Waals surface area contributed by atoms with E-state index in [4.69, 9.17) is 4.74 Å². The second-order valence-corrected chi connectivity index (χ2v) is 5.27. The Labute approximate surface area is 135 Å². The Morgan fingerprint density at radius 2 is 2.17 bits per heavy atom. The van der Waals surface area contributed by atoms with Crippen molar-refractivity contribution in [1.82, 2.24) is 10.3 Å². The normalized spacial score (nSPS) is 11.8. The smallest absolute Gasteiger partial charge is 0.258 e. The Morgan fingerprint density at radius 1 is 1.35 bits per heavy atom. The van der Waals surface area contributed by atoms with Crippen LogP contribution in [0.2, 0.25) is 0 Å². The molecule has 0 aliphatic heterocycles. The van der Waals surface area contributed by atoms with Gasteiger partial charge in [0.05, 0.1) is 13.2 Å². The third-order valence-electron chi connectivity index (χ3n) is 3.66. The minimum Gasteiger partial charge on any atom is -0.496 e. The second kappa shape index (κ2) is 8.27. The summed E-state index contributed by atoms with van der Waals surface area (Å²) in [6.45, 7) is 2.09. The summed E-state index contributed by atoms with van der Waals surface area (Å²) < 4.78 is 19.1. The summed E-state index contributed by atoms with van der Waals surface area (Å²) >= 11 is 0. The van der Waals surface area contributed by atoms with E-state index in [0.717, 1.165) is 24.8 Å². The zero-order valence-electron chi connectivity index (χ0n) is 13.4. The van der Waals surface area contributed by atoms with Crippen molar-refractivity contribution in [3.63, 3.8) is 0 Å². The number of hydrogen-bond acceptors (Lipinski definition) is 3. The predicted molar refractivity (Wildman–Crippen MR) is 86.9 cm³/mol. The van der Waals surface area contributed by atoms with Gasteiger partial charge in [0.1, 0.15) is 17.1 Å². The van der Waals surface area contributed by atoms with E-state index in [1.807, 2.05) is 12.1 Å². The van der Waals surface area contributed by atoms with Crippen LogP contribution in [0, 0.1) is 5.82 Å². The lowest BCUT2D eigenvalue weighted by Crippen LogP contribution is -2.29. The number of hydrogen-bond donors (Lipinski definition) is 1. The fraction of sp³-hybridized carbons (Fsp3) is 0.333. The summed E-state index contributed by atoms with van der Waals surface area (Å²) in [5.41, 5.74) is 0.838. The number of nitrogens with one attached hydrogen (secondary N) is 1. The van der Waals surface area contributed by atoms with Crippen LogP contribution >= 0.6 is 0 Å². The maximum Gasteiger partial charge on any atom is 0.258 e. The number of carbonyl (C=O) groups excluding carboxylic acids is 1. The minimum absolute atomic E-state index is 0.0691. The molecule has 122 valence electrons. The number of methoxy groups -OCH3 is 1. The SMILES string of the molecule is CCCC[C@@H](NC(=O)c1c(F)cccc1OC)c1cccnc1. The van der Waals surface area contributed by atoms with E-state index in [2.05, 4.69) is 17.2 Å². The molecule has 1 aromatic heterocycles. The van der Waals surface area contributed by atoms with Crippen LogP contribution in [-0.2, 0) is 0 Å². The summed E-state index contributed by atoms with van der Waals surface area (Å²) in [6.07, 6.45) is 6.13. The van der Waals surface area contributed by atoms with Gasteiger partial charge in [-0.25, -0.2) is 4.39 Å². The molecule has 0 bridgehead atoms. The van der Waals surface area contributed by atoms with Crippen LogP contribution < -0.4 is 10.1 Å². The van der Waals surface area contributed by atoms with Crippen molar-refractivity contribution in [1.29, 1.82) is 0 Å². The van der Waals surface area contributed by atoms with Crippen molar-refractivity contribution in [2.75, 3.05) is 7.11 Å². The summed E-state index contributed by atoms with van der Waals surface area (Å²) in [4.78, 5) is 16.6. The topological polar surface area (TPSA) is 51.2 Å². The monoisotopic (exact) mass is 316 g/mol. The quantitative estimate of drug-likeness (QED) is 0.843. The largest absolute Gasteiger partial charge is 0.496 e. The van der Waals surface area contributed by atoms with Gasteiger partial charge in [0.2, 0.25) is 0 Å². The number of ether oxygens (including phenoxy) is 1. The van der Waals surface area contributed by atoms with Crippen molar-refractivity contribution < 1.29 is 13.9 Å². The molecule has 1 heterocycles. The van der Waals surface area contributed by atoms with Crippen molar-refractivity contribution in [3.8, 4) is 5.75 Å². The lowest BCUT2D eigenvalue weighted by molar-refractivity contribution is 0.0926. The number of aromatic nitrogens is 1. The zero-order chi connectivity index (χ0) is 16.7. The fourth-order valence-electron chi connectivity index (χ4n) is 2.44. The number of pyridine rings is 1. The molecule has 0 saturated heterocycles. The highest BCUT2D eigenvalue weighted by Gasteiger charge is 2.21. The lowest BCUT2D eigenvalue weighted by Gasteiger charge is -2.19. The first-order chi connectivity index (χ1) is 11.2. The van der Waals surface area contributed by atoms with Gasteiger partial charge >= 0.3 is 0 Å². The molecule has 0 aliphatic rings. The molecule has 23 heavy (non-hydrogen) atoms. The molecule has 0 radical (unpaired) electrons. The molecule has 2 aromatic rings. The molecule has 1 atom stereocenters. The van der Waals surface area contributed by atoms with Crippen LogP contribution in [0.1, 0.15) is 48.1 Å². The average Bonchev–Trinajstić information content (AvgIpc) is 2.58. The van der Waals surface area contributed by atoms with Crippen LogP contribution in [0.15, 0.2) is 42.7 Å². The van der Waals surface area contributed by atoms with Gasteiger partial charge in [-0.1, -0.05) is 31.9 Å². The first-order valence-corrected chi connectivity index (χ1v) is 7.70. The molecule has 0 fully saturated rings. The molecule has 4 nitrogen and oxygen atoms in total. The molecule has 2 rings (SSSR count). The van der Waals surface area contributed by atoms with Gasteiger partial charge in [-0.15, -0.1) is 0 Å². The fourth-order valence-corrected chi connectivity index (χ4v) is 2.44. The second-order valence-electron chi connectivity index (χ2n) is 5.27. The third-order valence-corrected chi connectivity index (χ3v) is 3.66. The van der Waals surface area contributed by atoms with E-state index in [0.29, 0.717) is 0 Å². The molecule has 1 aromatic carbocycles. The molecule has 0 unspecified atom stereocenters. The van der Waals surface area contributed by atoms with Gasteiger partial charge in [0.25, 0.3) is 5.91 Å². The molecule has 0 spiro atoms. The standard InChI is InChI=1S/C18H21FN2O2/c1-3-4-9-15(13-7-6-11-20-12-13)21-18(22)17-14(19)8-5-10-16(17)23-2/h5-8,10-12,15H,3-4,9H2,1-2H3,(H,21,22)/t15-/m1/s1. The Balaban J connectivity index is 2.24. The minimum atomic E-state index is -0.595. The Kier molecular flexibility index (Phi) is 6.09. The maximum absolute atomic E-state index is 14.0. The van der Waals surface area contributed by atoms with E-state index in [1.165, 1.54) is 19.2 Å². The van der Waals surface area contributed by atoms with Crippen LogP contribution in [0.25, 0.3) is 0 Å². The van der Waals surface area contributed by atoms with E-state index >= 15 is 0 Å². The summed E-state index contributed by atoms with van der Waals surface area (Å²) in [5, 5.41) is 2.90. The van der Waals surface area contributed by atoms with Gasteiger partial charge in [-0.3, -0.25) is 9.78 Å². The van der Waals surface area contributed by atoms with Gasteiger partial charge < -0.3 is 10.1 Å². The van der Waals surface area contributed by atoms with Gasteiger partial charge in [-0.05, 0) is 30.2 Å². The van der Waals surface area contributed by atoms with E-state index in [1.54, 1.807) is 18.5 Å². The predicted octanol–water partition coefficient (Wildman–Crippen LogP) is 3.89. The number of rotatable bonds is 7. The Hall–Kier alpha value is -2.43. The molecule has 0 saturated carbocycles. The van der Waals surface area contributed by atoms with Gasteiger partial charge in [0.15, 0.2) is 0 Å². The van der Waals surface area contributed by atoms with Crippen LogP contribution in [0.5, 0.6) is 5.75 Å². The molecule has 0 aliphatic carbocycles. The van der Waals surface area contributed by atoms with Crippen LogP contribution in [0.4, 0.5) is 4.39 Å². The average molecular weight is 316 g/mol. The van der Waals surface area contributed by atoms with Crippen molar-refractivity contribution in [2.24, 2.45) is 0 Å². The summed E-state index contributed by atoms with van der Waals surface area (Å²) in [7, 11) is 1.42. The van der Waals surface area contributed by atoms with E-state index < -0.39 is 11.7 Å². The van der Waals surface area contributed by atoms with Crippen molar-refractivity contribution in [2.45, 2.75) is 32.2 Å². The number of benzene rings is 1. The first kappa shape index (κ1) is 16.9. The third kappa shape index (κ3) is 4.28. The highest BCUT2D eigenvalue weighted by molar-refractivity contribution is 5.97. The highest BCUT2D eigenvalue weighted by Crippen LogP contribution is 2.24. The van der Waals surface area contributed by atoms with Crippen molar-refractivity contribution >= 4 is 5.91 Å². The Bertz CT molecular complexity index is 647. The number of halogens is 1. The molecule has 5 heteroatoms. The first-order valence-electron chi connectivity index (χ1n) is 7.70. The van der Waals surface area contributed by atoms with Crippen molar-refractivity contribution in [3.05, 3.63) is 59.7 Å².